The van der Waals surface area contributed by atoms with Crippen LogP contribution in [-0.4, -0.2) is 30.0 Å². The van der Waals surface area contributed by atoms with Crippen LogP contribution in [0, 0.1) is 11.7 Å². The lowest BCUT2D eigenvalue weighted by molar-refractivity contribution is -0.126. The summed E-state index contributed by atoms with van der Waals surface area (Å²) in [5.74, 6) is -0.280. The second-order valence-electron chi connectivity index (χ2n) is 4.72. The van der Waals surface area contributed by atoms with Gasteiger partial charge in [0.2, 0.25) is 5.91 Å². The third kappa shape index (κ3) is 2.72. The number of hydrogen-bond donors (Lipinski definition) is 1. The van der Waals surface area contributed by atoms with Gasteiger partial charge in [-0.1, -0.05) is 11.6 Å². The summed E-state index contributed by atoms with van der Waals surface area (Å²) in [5.41, 5.74) is 0. The monoisotopic (exact) mass is 271 g/mol. The SMILES string of the molecule is CC(C)NC(=O)C1CN(c2ncc(Cl)cc2F)C1. The van der Waals surface area contributed by atoms with Crippen molar-refractivity contribution in [2.75, 3.05) is 18.0 Å². The summed E-state index contributed by atoms with van der Waals surface area (Å²) < 4.78 is 13.6. The highest BCUT2D eigenvalue weighted by Gasteiger charge is 2.34. The second-order valence-corrected chi connectivity index (χ2v) is 5.16. The number of anilines is 1. The molecule has 1 aromatic heterocycles. The molecule has 0 aromatic carbocycles. The molecule has 1 aliphatic heterocycles. The highest BCUT2D eigenvalue weighted by molar-refractivity contribution is 6.30. The van der Waals surface area contributed by atoms with E-state index >= 15 is 0 Å². The first kappa shape index (κ1) is 13.1. The van der Waals surface area contributed by atoms with Gasteiger partial charge in [-0.15, -0.1) is 0 Å². The number of carbonyl (C=O) groups excluding carboxylic acids is 1. The van der Waals surface area contributed by atoms with E-state index in [0.717, 1.165) is 0 Å². The van der Waals surface area contributed by atoms with Crippen molar-refractivity contribution in [1.82, 2.24) is 10.3 Å². The number of hydrogen-bond acceptors (Lipinski definition) is 3. The van der Waals surface area contributed by atoms with Crippen molar-refractivity contribution < 1.29 is 9.18 Å². The number of carbonyl (C=O) groups is 1. The third-order valence-electron chi connectivity index (χ3n) is 2.77. The molecule has 1 fully saturated rings. The molecule has 1 saturated heterocycles. The summed E-state index contributed by atoms with van der Waals surface area (Å²) in [6.45, 7) is 4.80. The Labute approximate surface area is 110 Å². The van der Waals surface area contributed by atoms with Gasteiger partial charge in [0.25, 0.3) is 0 Å². The van der Waals surface area contributed by atoms with Gasteiger partial charge in [0.05, 0.1) is 10.9 Å². The average Bonchev–Trinajstić information content (AvgIpc) is 2.17. The van der Waals surface area contributed by atoms with Gasteiger partial charge in [0.1, 0.15) is 0 Å². The molecule has 1 aromatic rings. The highest BCUT2D eigenvalue weighted by atomic mass is 35.5. The first-order valence-corrected chi connectivity index (χ1v) is 6.21. The third-order valence-corrected chi connectivity index (χ3v) is 2.98. The summed E-state index contributed by atoms with van der Waals surface area (Å²) in [6.07, 6.45) is 1.40. The average molecular weight is 272 g/mol. The molecule has 0 aliphatic carbocycles. The molecule has 0 bridgehead atoms. The number of aromatic nitrogens is 1. The molecular weight excluding hydrogens is 257 g/mol. The van der Waals surface area contributed by atoms with E-state index in [-0.39, 0.29) is 28.7 Å². The summed E-state index contributed by atoms with van der Waals surface area (Å²) >= 11 is 5.63. The van der Waals surface area contributed by atoms with Gasteiger partial charge in [0.15, 0.2) is 11.6 Å². The van der Waals surface area contributed by atoms with E-state index in [1.54, 1.807) is 4.90 Å². The fourth-order valence-electron chi connectivity index (χ4n) is 1.86. The number of nitrogens with zero attached hydrogens (tertiary/aromatic N) is 2. The van der Waals surface area contributed by atoms with Crippen LogP contribution in [0.5, 0.6) is 0 Å². The minimum absolute atomic E-state index is 0.00983. The van der Waals surface area contributed by atoms with Crippen LogP contribution in [-0.2, 0) is 4.79 Å². The largest absolute Gasteiger partial charge is 0.354 e. The summed E-state index contributed by atoms with van der Waals surface area (Å²) in [5, 5.41) is 3.11. The minimum Gasteiger partial charge on any atom is -0.354 e. The van der Waals surface area contributed by atoms with Crippen molar-refractivity contribution in [2.24, 2.45) is 5.92 Å². The van der Waals surface area contributed by atoms with Crippen LogP contribution in [0.2, 0.25) is 5.02 Å². The van der Waals surface area contributed by atoms with Crippen molar-refractivity contribution in [3.05, 3.63) is 23.1 Å². The summed E-state index contributed by atoms with van der Waals surface area (Å²) in [6, 6.07) is 1.35. The second kappa shape index (κ2) is 5.10. The predicted octanol–water partition coefficient (Wildman–Crippen LogP) is 1.83. The zero-order chi connectivity index (χ0) is 13.3. The summed E-state index contributed by atoms with van der Waals surface area (Å²) in [4.78, 5) is 17.4. The maximum Gasteiger partial charge on any atom is 0.226 e. The fraction of sp³-hybridized carbons (Fsp3) is 0.500. The van der Waals surface area contributed by atoms with Crippen LogP contribution in [0.4, 0.5) is 10.2 Å². The molecule has 1 aliphatic rings. The number of nitrogens with one attached hydrogen (secondary N) is 1. The van der Waals surface area contributed by atoms with Gasteiger partial charge in [-0.2, -0.15) is 0 Å². The molecule has 1 amide bonds. The molecule has 6 heteroatoms. The van der Waals surface area contributed by atoms with E-state index in [9.17, 15) is 9.18 Å². The van der Waals surface area contributed by atoms with Crippen LogP contribution in [0.15, 0.2) is 12.3 Å². The maximum atomic E-state index is 13.6. The number of halogens is 2. The molecule has 0 unspecified atom stereocenters. The van der Waals surface area contributed by atoms with Crippen molar-refractivity contribution in [1.29, 1.82) is 0 Å². The minimum atomic E-state index is -0.454. The Kier molecular flexibility index (Phi) is 3.71. The molecule has 98 valence electrons. The molecule has 2 heterocycles. The number of rotatable bonds is 3. The van der Waals surface area contributed by atoms with Gasteiger partial charge < -0.3 is 10.2 Å². The Morgan fingerprint density at radius 2 is 2.28 bits per heavy atom. The molecule has 0 spiro atoms. The Balaban J connectivity index is 1.94. The quantitative estimate of drug-likeness (QED) is 0.912. The Hall–Kier alpha value is -1.36. The molecule has 4 nitrogen and oxygen atoms in total. The van der Waals surface area contributed by atoms with E-state index in [0.29, 0.717) is 13.1 Å². The smallest absolute Gasteiger partial charge is 0.226 e. The van der Waals surface area contributed by atoms with Crippen LogP contribution < -0.4 is 10.2 Å². The summed E-state index contributed by atoms with van der Waals surface area (Å²) in [7, 11) is 0. The van der Waals surface area contributed by atoms with E-state index < -0.39 is 5.82 Å². The Bertz CT molecular complexity index is 461. The van der Waals surface area contributed by atoms with Gasteiger partial charge in [0, 0.05) is 25.3 Å². The van der Waals surface area contributed by atoms with E-state index in [4.69, 9.17) is 11.6 Å². The molecule has 1 N–H and O–H groups in total. The van der Waals surface area contributed by atoms with Crippen LogP contribution in [0.1, 0.15) is 13.8 Å². The van der Waals surface area contributed by atoms with Crippen LogP contribution in [0.3, 0.4) is 0 Å². The lowest BCUT2D eigenvalue weighted by atomic mass is 9.99. The predicted molar refractivity (Wildman–Crippen MR) is 68.2 cm³/mol. The molecular formula is C12H15ClFN3O. The highest BCUT2D eigenvalue weighted by Crippen LogP contribution is 2.26. The molecule has 2 rings (SSSR count). The van der Waals surface area contributed by atoms with Gasteiger partial charge in [-0.3, -0.25) is 4.79 Å². The lowest BCUT2D eigenvalue weighted by Gasteiger charge is -2.39. The van der Waals surface area contributed by atoms with Crippen LogP contribution >= 0.6 is 11.6 Å². The number of pyridine rings is 1. The zero-order valence-corrected chi connectivity index (χ0v) is 11.0. The topological polar surface area (TPSA) is 45.2 Å². The maximum absolute atomic E-state index is 13.6. The van der Waals surface area contributed by atoms with Crippen molar-refractivity contribution in [2.45, 2.75) is 19.9 Å². The standard InChI is InChI=1S/C12H15ClFN3O/c1-7(2)16-12(18)8-5-17(6-8)11-10(14)3-9(13)4-15-11/h3-4,7-8H,5-6H2,1-2H3,(H,16,18). The van der Waals surface area contributed by atoms with E-state index in [2.05, 4.69) is 10.3 Å². The first-order chi connectivity index (χ1) is 8.47. The van der Waals surface area contributed by atoms with Crippen molar-refractivity contribution in [3.8, 4) is 0 Å². The van der Waals surface area contributed by atoms with Crippen LogP contribution in [0.25, 0.3) is 0 Å². The fourth-order valence-corrected chi connectivity index (χ4v) is 2.00. The van der Waals surface area contributed by atoms with E-state index in [1.165, 1.54) is 12.3 Å². The van der Waals surface area contributed by atoms with Crippen molar-refractivity contribution >= 4 is 23.3 Å². The molecule has 0 radical (unpaired) electrons. The van der Waals surface area contributed by atoms with E-state index in [1.807, 2.05) is 13.8 Å². The zero-order valence-electron chi connectivity index (χ0n) is 10.3. The Morgan fingerprint density at radius 1 is 1.61 bits per heavy atom. The van der Waals surface area contributed by atoms with Crippen molar-refractivity contribution in [3.63, 3.8) is 0 Å². The van der Waals surface area contributed by atoms with Gasteiger partial charge in [-0.25, -0.2) is 9.37 Å². The van der Waals surface area contributed by atoms with Gasteiger partial charge in [-0.05, 0) is 19.9 Å². The van der Waals surface area contributed by atoms with Gasteiger partial charge >= 0.3 is 0 Å². The molecule has 18 heavy (non-hydrogen) atoms. The molecule has 0 atom stereocenters. The number of amides is 1. The lowest BCUT2D eigenvalue weighted by Crippen LogP contribution is -2.55. The molecule has 0 saturated carbocycles. The first-order valence-electron chi connectivity index (χ1n) is 5.83. The normalized spacial score (nSPS) is 15.7. The Morgan fingerprint density at radius 3 is 2.83 bits per heavy atom.